The zero-order chi connectivity index (χ0) is 14.0. The van der Waals surface area contributed by atoms with E-state index in [4.69, 9.17) is 23.2 Å². The second kappa shape index (κ2) is 6.34. The molecular formula is C15H22Cl2N2. The molecule has 0 aliphatic carbocycles. The molecule has 3 unspecified atom stereocenters. The maximum absolute atomic E-state index is 6.32. The van der Waals surface area contributed by atoms with Crippen molar-refractivity contribution in [3.8, 4) is 0 Å². The zero-order valence-electron chi connectivity index (χ0n) is 11.8. The average molecular weight is 301 g/mol. The molecule has 1 aliphatic rings. The number of piperidine rings is 1. The predicted molar refractivity (Wildman–Crippen MR) is 84.5 cm³/mol. The van der Waals surface area contributed by atoms with Crippen LogP contribution in [0, 0.1) is 5.92 Å². The fourth-order valence-electron chi connectivity index (χ4n) is 2.96. The maximum Gasteiger partial charge on any atom is 0.0640 e. The van der Waals surface area contributed by atoms with E-state index >= 15 is 0 Å². The molecule has 1 fully saturated rings. The lowest BCUT2D eigenvalue weighted by Crippen LogP contribution is -2.53. The van der Waals surface area contributed by atoms with Crippen LogP contribution < -0.4 is 10.2 Å². The Hall–Kier alpha value is -0.440. The summed E-state index contributed by atoms with van der Waals surface area (Å²) in [6.07, 6.45) is 1.14. The lowest BCUT2D eigenvalue weighted by molar-refractivity contribution is 0.274. The van der Waals surface area contributed by atoms with E-state index in [1.165, 1.54) is 0 Å². The first-order valence-electron chi connectivity index (χ1n) is 6.99. The van der Waals surface area contributed by atoms with Crippen molar-refractivity contribution in [3.63, 3.8) is 0 Å². The number of benzene rings is 1. The van der Waals surface area contributed by atoms with Gasteiger partial charge in [0, 0.05) is 23.7 Å². The summed E-state index contributed by atoms with van der Waals surface area (Å²) in [6.45, 7) is 8.79. The topological polar surface area (TPSA) is 15.3 Å². The fraction of sp³-hybridized carbons (Fsp3) is 0.600. The standard InChI is InChI=1S/C15H22Cl2N2/c1-4-18-14-7-8-19(11(3)10(14)2)15-9-12(16)5-6-13(15)17/h5-6,9-11,14,18H,4,7-8H2,1-3H3. The van der Waals surface area contributed by atoms with Gasteiger partial charge in [0.1, 0.15) is 0 Å². The highest BCUT2D eigenvalue weighted by Gasteiger charge is 2.32. The van der Waals surface area contributed by atoms with Gasteiger partial charge in [0.25, 0.3) is 0 Å². The Labute approximate surface area is 126 Å². The average Bonchev–Trinajstić information content (AvgIpc) is 2.39. The first-order valence-corrected chi connectivity index (χ1v) is 7.75. The molecule has 0 spiro atoms. The molecule has 1 aromatic rings. The van der Waals surface area contributed by atoms with Gasteiger partial charge in [-0.25, -0.2) is 0 Å². The molecule has 1 N–H and O–H groups in total. The highest BCUT2D eigenvalue weighted by atomic mass is 35.5. The molecule has 4 heteroatoms. The minimum atomic E-state index is 0.453. The first-order chi connectivity index (χ1) is 9.04. The molecule has 0 radical (unpaired) electrons. The van der Waals surface area contributed by atoms with Crippen LogP contribution in [0.25, 0.3) is 0 Å². The Bertz CT molecular complexity index is 436. The van der Waals surface area contributed by atoms with Crippen LogP contribution in [-0.2, 0) is 0 Å². The number of nitrogens with zero attached hydrogens (tertiary/aromatic N) is 1. The number of halogens is 2. The molecule has 2 nitrogen and oxygen atoms in total. The summed E-state index contributed by atoms with van der Waals surface area (Å²) in [5, 5.41) is 5.10. The largest absolute Gasteiger partial charge is 0.367 e. The SMILES string of the molecule is CCNC1CCN(c2cc(Cl)ccc2Cl)C(C)C1C. The fourth-order valence-corrected chi connectivity index (χ4v) is 3.35. The smallest absolute Gasteiger partial charge is 0.0640 e. The van der Waals surface area contributed by atoms with Gasteiger partial charge in [-0.15, -0.1) is 0 Å². The Morgan fingerprint density at radius 3 is 2.74 bits per heavy atom. The van der Waals surface area contributed by atoms with Crippen molar-refractivity contribution >= 4 is 28.9 Å². The van der Waals surface area contributed by atoms with Crippen LogP contribution >= 0.6 is 23.2 Å². The van der Waals surface area contributed by atoms with Crippen molar-refractivity contribution in [2.24, 2.45) is 5.92 Å². The third-order valence-electron chi connectivity index (χ3n) is 4.25. The molecule has 0 amide bonds. The van der Waals surface area contributed by atoms with Gasteiger partial charge in [0.15, 0.2) is 0 Å². The molecule has 1 aromatic carbocycles. The summed E-state index contributed by atoms with van der Waals surface area (Å²) in [5.74, 6) is 0.587. The normalized spacial score (nSPS) is 27.6. The van der Waals surface area contributed by atoms with Crippen molar-refractivity contribution in [2.45, 2.75) is 39.3 Å². The van der Waals surface area contributed by atoms with E-state index in [0.29, 0.717) is 18.0 Å². The van der Waals surface area contributed by atoms with Crippen molar-refractivity contribution in [3.05, 3.63) is 28.2 Å². The highest BCUT2D eigenvalue weighted by molar-refractivity contribution is 6.35. The van der Waals surface area contributed by atoms with Gasteiger partial charge < -0.3 is 10.2 Å². The molecule has 19 heavy (non-hydrogen) atoms. The molecular weight excluding hydrogens is 279 g/mol. The third kappa shape index (κ3) is 3.18. The van der Waals surface area contributed by atoms with E-state index in [0.717, 1.165) is 35.2 Å². The monoisotopic (exact) mass is 300 g/mol. The van der Waals surface area contributed by atoms with Crippen molar-refractivity contribution in [1.82, 2.24) is 5.32 Å². The zero-order valence-corrected chi connectivity index (χ0v) is 13.3. The number of nitrogens with one attached hydrogen (secondary N) is 1. The Balaban J connectivity index is 2.20. The van der Waals surface area contributed by atoms with E-state index in [-0.39, 0.29) is 0 Å². The van der Waals surface area contributed by atoms with Crippen LogP contribution in [0.4, 0.5) is 5.69 Å². The molecule has 0 aromatic heterocycles. The van der Waals surface area contributed by atoms with E-state index < -0.39 is 0 Å². The molecule has 1 heterocycles. The van der Waals surface area contributed by atoms with Gasteiger partial charge in [-0.2, -0.15) is 0 Å². The molecule has 3 atom stereocenters. The summed E-state index contributed by atoms with van der Waals surface area (Å²) in [7, 11) is 0. The second-order valence-corrected chi connectivity index (χ2v) is 6.19. The van der Waals surface area contributed by atoms with Crippen LogP contribution in [0.2, 0.25) is 10.0 Å². The Morgan fingerprint density at radius 1 is 1.32 bits per heavy atom. The molecule has 0 bridgehead atoms. The highest BCUT2D eigenvalue weighted by Crippen LogP contribution is 2.35. The van der Waals surface area contributed by atoms with Crippen LogP contribution in [0.3, 0.4) is 0 Å². The van der Waals surface area contributed by atoms with Crippen molar-refractivity contribution in [1.29, 1.82) is 0 Å². The van der Waals surface area contributed by atoms with Crippen LogP contribution in [0.1, 0.15) is 27.2 Å². The molecule has 1 aliphatic heterocycles. The Morgan fingerprint density at radius 2 is 2.05 bits per heavy atom. The van der Waals surface area contributed by atoms with E-state index in [9.17, 15) is 0 Å². The molecule has 2 rings (SSSR count). The molecule has 0 saturated carbocycles. The lowest BCUT2D eigenvalue weighted by atomic mass is 9.86. The molecule has 106 valence electrons. The quantitative estimate of drug-likeness (QED) is 0.900. The third-order valence-corrected chi connectivity index (χ3v) is 4.81. The summed E-state index contributed by atoms with van der Waals surface area (Å²) in [5.41, 5.74) is 1.06. The van der Waals surface area contributed by atoms with Gasteiger partial charge >= 0.3 is 0 Å². The number of hydrogen-bond acceptors (Lipinski definition) is 2. The van der Waals surface area contributed by atoms with Gasteiger partial charge in [-0.1, -0.05) is 37.0 Å². The van der Waals surface area contributed by atoms with Crippen LogP contribution in [0.15, 0.2) is 18.2 Å². The first kappa shape index (κ1) is 15.0. The second-order valence-electron chi connectivity index (χ2n) is 5.34. The van der Waals surface area contributed by atoms with Gasteiger partial charge in [0.2, 0.25) is 0 Å². The summed E-state index contributed by atoms with van der Waals surface area (Å²) < 4.78 is 0. The Kier molecular flexibility index (Phi) is 4.99. The summed E-state index contributed by atoms with van der Waals surface area (Å²) >= 11 is 12.4. The summed E-state index contributed by atoms with van der Waals surface area (Å²) in [4.78, 5) is 2.38. The van der Waals surface area contributed by atoms with Gasteiger partial charge in [-0.05, 0) is 44.0 Å². The van der Waals surface area contributed by atoms with E-state index in [2.05, 4.69) is 31.0 Å². The maximum atomic E-state index is 6.32. The number of anilines is 1. The number of rotatable bonds is 3. The summed E-state index contributed by atoms with van der Waals surface area (Å²) in [6, 6.07) is 6.74. The lowest BCUT2D eigenvalue weighted by Gasteiger charge is -2.44. The van der Waals surface area contributed by atoms with Gasteiger partial charge in [0.05, 0.1) is 10.7 Å². The minimum absolute atomic E-state index is 0.453. The van der Waals surface area contributed by atoms with Gasteiger partial charge in [-0.3, -0.25) is 0 Å². The number of hydrogen-bond donors (Lipinski definition) is 1. The minimum Gasteiger partial charge on any atom is -0.367 e. The van der Waals surface area contributed by atoms with Crippen molar-refractivity contribution in [2.75, 3.05) is 18.0 Å². The van der Waals surface area contributed by atoms with Crippen LogP contribution in [0.5, 0.6) is 0 Å². The van der Waals surface area contributed by atoms with Crippen molar-refractivity contribution < 1.29 is 0 Å². The molecule has 1 saturated heterocycles. The van der Waals surface area contributed by atoms with E-state index in [1.807, 2.05) is 18.2 Å². The van der Waals surface area contributed by atoms with Crippen LogP contribution in [-0.4, -0.2) is 25.2 Å². The van der Waals surface area contributed by atoms with E-state index in [1.54, 1.807) is 0 Å². The predicted octanol–water partition coefficient (Wildman–Crippen LogP) is 4.21.